The van der Waals surface area contributed by atoms with Crippen molar-refractivity contribution in [1.29, 1.82) is 0 Å². The van der Waals surface area contributed by atoms with Crippen LogP contribution in [0.5, 0.6) is 11.5 Å². The molecule has 3 aromatic carbocycles. The van der Waals surface area contributed by atoms with E-state index in [-0.39, 0.29) is 11.7 Å². The molecule has 0 radical (unpaired) electrons. The van der Waals surface area contributed by atoms with Crippen LogP contribution in [0.2, 0.25) is 0 Å². The summed E-state index contributed by atoms with van der Waals surface area (Å²) in [6, 6.07) is 22.7. The lowest BCUT2D eigenvalue weighted by Gasteiger charge is -2.17. The van der Waals surface area contributed by atoms with Gasteiger partial charge in [-0.1, -0.05) is 42.5 Å². The fourth-order valence-electron chi connectivity index (χ4n) is 4.23. The van der Waals surface area contributed by atoms with E-state index in [4.69, 9.17) is 14.5 Å². The molecule has 1 atom stereocenters. The molecule has 1 aromatic heterocycles. The highest BCUT2D eigenvalue weighted by Crippen LogP contribution is 2.36. The molecule has 198 valence electrons. The van der Waals surface area contributed by atoms with Gasteiger partial charge in [0.05, 0.1) is 23.7 Å². The summed E-state index contributed by atoms with van der Waals surface area (Å²) in [6.07, 6.45) is 3.28. The number of fused-ring (bicyclic) bond motifs is 1. The van der Waals surface area contributed by atoms with E-state index in [0.717, 1.165) is 22.2 Å². The molecule has 5 rings (SSSR count). The normalized spacial score (nSPS) is 16.3. The van der Waals surface area contributed by atoms with E-state index in [1.54, 1.807) is 29.2 Å². The Labute approximate surface area is 230 Å². The summed E-state index contributed by atoms with van der Waals surface area (Å²) in [7, 11) is 1.47. The molecule has 1 fully saturated rings. The molecule has 39 heavy (non-hydrogen) atoms. The smallest absolute Gasteiger partial charge is 0.266 e. The van der Waals surface area contributed by atoms with Gasteiger partial charge in [-0.3, -0.25) is 9.69 Å². The number of nitrogens with zero attached hydrogens (tertiary/aromatic N) is 2. The van der Waals surface area contributed by atoms with Crippen LogP contribution in [0.1, 0.15) is 18.1 Å². The van der Waals surface area contributed by atoms with Gasteiger partial charge in [-0.25, -0.2) is 4.99 Å². The van der Waals surface area contributed by atoms with Crippen LogP contribution in [0.15, 0.2) is 88.9 Å². The maximum atomic E-state index is 13.6. The third-order valence-electron chi connectivity index (χ3n) is 6.27. The number of rotatable bonds is 9. The largest absolute Gasteiger partial charge is 0.546 e. The van der Waals surface area contributed by atoms with Crippen molar-refractivity contribution in [3.05, 3.63) is 95.0 Å². The second kappa shape index (κ2) is 11.5. The number of hydrogen-bond acceptors (Lipinski definition) is 7. The van der Waals surface area contributed by atoms with Crippen LogP contribution in [-0.4, -0.2) is 46.7 Å². The number of carbonyl (C=O) groups is 2. The summed E-state index contributed by atoms with van der Waals surface area (Å²) in [5.74, 6) is -0.843. The number of para-hydroxylation sites is 2. The van der Waals surface area contributed by atoms with Gasteiger partial charge in [0.1, 0.15) is 6.10 Å². The van der Waals surface area contributed by atoms with Crippen molar-refractivity contribution in [2.24, 2.45) is 4.99 Å². The Morgan fingerprint density at radius 1 is 1.10 bits per heavy atom. The number of H-pyrrole nitrogens is 1. The molecule has 8 nitrogen and oxygen atoms in total. The van der Waals surface area contributed by atoms with E-state index >= 15 is 0 Å². The molecule has 1 aliphatic rings. The van der Waals surface area contributed by atoms with E-state index in [1.807, 2.05) is 54.7 Å². The summed E-state index contributed by atoms with van der Waals surface area (Å²) >= 11 is 1.31. The van der Waals surface area contributed by atoms with Crippen LogP contribution in [-0.2, 0) is 16.0 Å². The van der Waals surface area contributed by atoms with E-state index in [1.165, 1.54) is 25.8 Å². The molecule has 0 saturated carbocycles. The Hall–Kier alpha value is -4.50. The number of nitrogens with one attached hydrogen (secondary N) is 1. The van der Waals surface area contributed by atoms with Crippen LogP contribution >= 0.6 is 11.8 Å². The highest BCUT2D eigenvalue weighted by atomic mass is 32.2. The number of hydrogen-bond donors (Lipinski definition) is 1. The minimum Gasteiger partial charge on any atom is -0.546 e. The molecule has 2 heterocycles. The highest BCUT2D eigenvalue weighted by molar-refractivity contribution is 8.18. The number of carboxylic acid groups (broad SMARTS) is 1. The standard InChI is InChI=1S/C30H27N3O5S/c1-19(29(35)36)38-25-13-12-20(16-26(25)37-2)17-27-28(34)33(30(39-27)32-22-8-4-3-5-9-22)15-14-21-18-31-24-11-7-6-10-23(21)24/h3-13,16-19,31H,14-15H2,1-2H3,(H,35,36)/p-1/b27-17-,32-30?/t19-/m0/s1. The first-order valence-electron chi connectivity index (χ1n) is 12.4. The first kappa shape index (κ1) is 26.1. The van der Waals surface area contributed by atoms with Crippen LogP contribution in [0.25, 0.3) is 17.0 Å². The summed E-state index contributed by atoms with van der Waals surface area (Å²) in [5.41, 5.74) is 3.65. The topological polar surface area (TPSA) is 107 Å². The molecular formula is C30H26N3O5S-. The van der Waals surface area contributed by atoms with Crippen molar-refractivity contribution in [1.82, 2.24) is 9.88 Å². The molecule has 0 aliphatic carbocycles. The Bertz CT molecular complexity index is 1580. The number of carboxylic acids is 1. The Balaban J connectivity index is 1.43. The van der Waals surface area contributed by atoms with Crippen molar-refractivity contribution in [2.75, 3.05) is 13.7 Å². The maximum Gasteiger partial charge on any atom is 0.266 e. The van der Waals surface area contributed by atoms with Crippen LogP contribution < -0.4 is 14.6 Å². The van der Waals surface area contributed by atoms with Crippen LogP contribution in [0.4, 0.5) is 5.69 Å². The average Bonchev–Trinajstić information content (AvgIpc) is 3.48. The predicted molar refractivity (Wildman–Crippen MR) is 151 cm³/mol. The van der Waals surface area contributed by atoms with Crippen LogP contribution in [0.3, 0.4) is 0 Å². The van der Waals surface area contributed by atoms with E-state index in [9.17, 15) is 14.7 Å². The second-order valence-corrected chi connectivity index (χ2v) is 9.91. The van der Waals surface area contributed by atoms with Gasteiger partial charge >= 0.3 is 0 Å². The van der Waals surface area contributed by atoms with Gasteiger partial charge in [0.25, 0.3) is 5.91 Å². The zero-order chi connectivity index (χ0) is 27.4. The van der Waals surface area contributed by atoms with Gasteiger partial charge in [-0.2, -0.15) is 0 Å². The minimum atomic E-state index is -1.32. The number of methoxy groups -OCH3 is 1. The number of benzene rings is 3. The third-order valence-corrected chi connectivity index (χ3v) is 7.28. The number of aliphatic carboxylic acids is 1. The number of amidine groups is 1. The first-order chi connectivity index (χ1) is 18.9. The molecule has 1 N–H and O–H groups in total. The van der Waals surface area contributed by atoms with Crippen molar-refractivity contribution in [3.63, 3.8) is 0 Å². The highest BCUT2D eigenvalue weighted by Gasteiger charge is 2.33. The van der Waals surface area contributed by atoms with Crippen molar-refractivity contribution in [2.45, 2.75) is 19.4 Å². The van der Waals surface area contributed by atoms with Gasteiger partial charge in [-0.15, -0.1) is 0 Å². The minimum absolute atomic E-state index is 0.139. The molecular weight excluding hydrogens is 514 g/mol. The monoisotopic (exact) mass is 540 g/mol. The van der Waals surface area contributed by atoms with Crippen LogP contribution in [0, 0.1) is 0 Å². The number of aromatic amines is 1. The quantitative estimate of drug-likeness (QED) is 0.313. The maximum absolute atomic E-state index is 13.6. The summed E-state index contributed by atoms with van der Waals surface area (Å²) in [6.45, 7) is 1.85. The first-order valence-corrected chi connectivity index (χ1v) is 13.2. The van der Waals surface area contributed by atoms with Gasteiger partial charge < -0.3 is 24.4 Å². The van der Waals surface area contributed by atoms with Crippen molar-refractivity contribution < 1.29 is 24.2 Å². The predicted octanol–water partition coefficient (Wildman–Crippen LogP) is 4.54. The Kier molecular flexibility index (Phi) is 7.69. The zero-order valence-corrected chi connectivity index (χ0v) is 22.2. The summed E-state index contributed by atoms with van der Waals surface area (Å²) in [5, 5.41) is 12.8. The van der Waals surface area contributed by atoms with Gasteiger partial charge in [-0.05, 0) is 72.6 Å². The molecule has 0 spiro atoms. The molecule has 1 saturated heterocycles. The van der Waals surface area contributed by atoms with Gasteiger partial charge in [0.2, 0.25) is 0 Å². The van der Waals surface area contributed by atoms with Gasteiger partial charge in [0, 0.05) is 23.6 Å². The van der Waals surface area contributed by atoms with E-state index in [2.05, 4.69) is 11.1 Å². The lowest BCUT2D eigenvalue weighted by Crippen LogP contribution is -2.37. The average molecular weight is 541 g/mol. The number of amides is 1. The Morgan fingerprint density at radius 3 is 2.64 bits per heavy atom. The molecule has 9 heteroatoms. The van der Waals surface area contributed by atoms with E-state index < -0.39 is 12.1 Å². The molecule has 4 aromatic rings. The SMILES string of the molecule is COc1cc(/C=C2\SC(=Nc3ccccc3)N(CCc3c[nH]c4ccccc34)C2=O)ccc1O[C@@H](C)C(=O)[O-]. The number of carbonyl (C=O) groups excluding carboxylic acids is 2. The molecule has 1 aliphatic heterocycles. The Morgan fingerprint density at radius 2 is 1.87 bits per heavy atom. The fraction of sp³-hybridized carbons (Fsp3) is 0.167. The lowest BCUT2D eigenvalue weighted by molar-refractivity contribution is -0.312. The van der Waals surface area contributed by atoms with Crippen molar-refractivity contribution in [3.8, 4) is 11.5 Å². The van der Waals surface area contributed by atoms with Gasteiger partial charge in [0.15, 0.2) is 16.7 Å². The lowest BCUT2D eigenvalue weighted by atomic mass is 10.1. The summed E-state index contributed by atoms with van der Waals surface area (Å²) in [4.78, 5) is 35.0. The summed E-state index contributed by atoms with van der Waals surface area (Å²) < 4.78 is 10.8. The number of aliphatic imine (C=N–C) groups is 1. The second-order valence-electron chi connectivity index (χ2n) is 8.90. The number of aromatic nitrogens is 1. The molecule has 0 unspecified atom stereocenters. The molecule has 1 amide bonds. The van der Waals surface area contributed by atoms with Crippen molar-refractivity contribution >= 4 is 51.5 Å². The third kappa shape index (κ3) is 5.83. The molecule has 0 bridgehead atoms. The number of ether oxygens (including phenoxy) is 2. The van der Waals surface area contributed by atoms with E-state index in [0.29, 0.717) is 34.4 Å². The fourth-order valence-corrected chi connectivity index (χ4v) is 5.26. The zero-order valence-electron chi connectivity index (χ0n) is 21.4. The number of thioether (sulfide) groups is 1.